The van der Waals surface area contributed by atoms with Crippen LogP contribution in [0.1, 0.15) is 49.7 Å². The summed E-state index contributed by atoms with van der Waals surface area (Å²) in [7, 11) is 4.77. The molecule has 2 aromatic carbocycles. The number of carbonyl (C=O) groups excluding carboxylic acids is 2. The monoisotopic (exact) mass is 491 g/mol. The Labute approximate surface area is 212 Å². The van der Waals surface area contributed by atoms with Crippen molar-refractivity contribution in [1.82, 2.24) is 5.32 Å². The Morgan fingerprint density at radius 3 is 2.25 bits per heavy atom. The molecule has 0 saturated heterocycles. The molecule has 2 aliphatic rings. The zero-order chi connectivity index (χ0) is 26.0. The molecule has 0 saturated carbocycles. The standard InChI is InChI=1S/C29H33NO6/c1-16(2)36-29(32)26-17(3)30-23-13-19(18-7-9-20(33-4)10-8-18)14-24(31)28(23)27(26)22-12-11-21(34-5)15-25(22)35-6/h7-12,15-16,19,26-27,30H,3,13-14H2,1-2,4-6H3. The third-order valence-corrected chi connectivity index (χ3v) is 6.81. The number of ether oxygens (including phenoxy) is 4. The Kier molecular flexibility index (Phi) is 7.38. The molecule has 0 spiro atoms. The molecule has 36 heavy (non-hydrogen) atoms. The van der Waals surface area contributed by atoms with Gasteiger partial charge in [0.05, 0.1) is 27.4 Å². The van der Waals surface area contributed by atoms with Crippen LogP contribution in [0.3, 0.4) is 0 Å². The van der Waals surface area contributed by atoms with Crippen LogP contribution < -0.4 is 19.5 Å². The van der Waals surface area contributed by atoms with E-state index in [9.17, 15) is 9.59 Å². The van der Waals surface area contributed by atoms with Gasteiger partial charge in [-0.05, 0) is 49.9 Å². The molecular weight excluding hydrogens is 458 g/mol. The Morgan fingerprint density at radius 2 is 1.64 bits per heavy atom. The molecule has 0 amide bonds. The Morgan fingerprint density at radius 1 is 0.972 bits per heavy atom. The number of Topliss-reactive ketones (excluding diaryl/α,β-unsaturated/α-hetero) is 1. The van der Waals surface area contributed by atoms with Crippen molar-refractivity contribution in [3.63, 3.8) is 0 Å². The summed E-state index contributed by atoms with van der Waals surface area (Å²) in [4.78, 5) is 27.1. The van der Waals surface area contributed by atoms with Gasteiger partial charge in [-0.2, -0.15) is 0 Å². The van der Waals surface area contributed by atoms with E-state index in [4.69, 9.17) is 18.9 Å². The lowest BCUT2D eigenvalue weighted by Crippen LogP contribution is -2.42. The highest BCUT2D eigenvalue weighted by atomic mass is 16.5. The molecule has 0 bridgehead atoms. The summed E-state index contributed by atoms with van der Waals surface area (Å²) in [5.74, 6) is 0.106. The van der Waals surface area contributed by atoms with E-state index >= 15 is 0 Å². The van der Waals surface area contributed by atoms with Crippen LogP contribution in [0.15, 0.2) is 66.0 Å². The van der Waals surface area contributed by atoms with Gasteiger partial charge < -0.3 is 24.3 Å². The maximum atomic E-state index is 13.8. The minimum atomic E-state index is -0.782. The van der Waals surface area contributed by atoms with E-state index in [0.717, 1.165) is 22.6 Å². The predicted molar refractivity (Wildman–Crippen MR) is 136 cm³/mol. The van der Waals surface area contributed by atoms with Gasteiger partial charge in [0.15, 0.2) is 5.78 Å². The largest absolute Gasteiger partial charge is 0.497 e. The van der Waals surface area contributed by atoms with Crippen LogP contribution >= 0.6 is 0 Å². The van der Waals surface area contributed by atoms with Crippen LogP contribution in [-0.4, -0.2) is 39.2 Å². The molecule has 0 radical (unpaired) electrons. The second kappa shape index (κ2) is 10.5. The van der Waals surface area contributed by atoms with Gasteiger partial charge in [-0.15, -0.1) is 0 Å². The number of ketones is 1. The van der Waals surface area contributed by atoms with E-state index in [1.54, 1.807) is 47.3 Å². The molecule has 0 aromatic heterocycles. The number of esters is 1. The van der Waals surface area contributed by atoms with E-state index in [0.29, 0.717) is 35.6 Å². The Hall–Kier alpha value is -3.74. The summed E-state index contributed by atoms with van der Waals surface area (Å²) in [5, 5.41) is 3.31. The van der Waals surface area contributed by atoms with E-state index in [-0.39, 0.29) is 17.8 Å². The first kappa shape index (κ1) is 25.4. The molecular formula is C29H33NO6. The second-order valence-electron chi connectivity index (χ2n) is 9.39. The highest BCUT2D eigenvalue weighted by molar-refractivity contribution is 6.01. The number of rotatable bonds is 7. The normalized spacial score (nSPS) is 21.6. The van der Waals surface area contributed by atoms with Crippen LogP contribution in [0.2, 0.25) is 0 Å². The van der Waals surface area contributed by atoms with Gasteiger partial charge >= 0.3 is 5.97 Å². The number of hydrogen-bond donors (Lipinski definition) is 1. The lowest BCUT2D eigenvalue weighted by Gasteiger charge is -2.40. The van der Waals surface area contributed by atoms with E-state index < -0.39 is 17.8 Å². The maximum Gasteiger partial charge on any atom is 0.316 e. The number of allylic oxidation sites excluding steroid dienone is 2. The summed E-state index contributed by atoms with van der Waals surface area (Å²) in [5.41, 5.74) is 3.65. The fourth-order valence-electron chi connectivity index (χ4n) is 5.16. The van der Waals surface area contributed by atoms with Crippen LogP contribution in [0.4, 0.5) is 0 Å². The minimum absolute atomic E-state index is 0.0000321. The lowest BCUT2D eigenvalue weighted by atomic mass is 9.68. The van der Waals surface area contributed by atoms with Crippen molar-refractivity contribution in [2.75, 3.05) is 21.3 Å². The van der Waals surface area contributed by atoms with Gasteiger partial charge in [-0.1, -0.05) is 24.8 Å². The molecule has 2 aromatic rings. The molecule has 190 valence electrons. The summed E-state index contributed by atoms with van der Waals surface area (Å²) < 4.78 is 21.9. The number of hydrogen-bond acceptors (Lipinski definition) is 7. The molecule has 7 nitrogen and oxygen atoms in total. The van der Waals surface area contributed by atoms with Crippen molar-refractivity contribution in [2.45, 2.75) is 44.6 Å². The average molecular weight is 492 g/mol. The molecule has 3 unspecified atom stereocenters. The average Bonchev–Trinajstić information content (AvgIpc) is 2.86. The molecule has 0 fully saturated rings. The second-order valence-corrected chi connectivity index (χ2v) is 9.39. The van der Waals surface area contributed by atoms with Crippen molar-refractivity contribution < 1.29 is 28.5 Å². The fraction of sp³-hybridized carbons (Fsp3) is 0.379. The Bertz CT molecular complexity index is 1200. The highest BCUT2D eigenvalue weighted by Gasteiger charge is 2.46. The molecule has 1 N–H and O–H groups in total. The van der Waals surface area contributed by atoms with Gasteiger partial charge in [0.25, 0.3) is 0 Å². The summed E-state index contributed by atoms with van der Waals surface area (Å²) >= 11 is 0. The first-order valence-corrected chi connectivity index (χ1v) is 12.1. The zero-order valence-electron chi connectivity index (χ0n) is 21.4. The van der Waals surface area contributed by atoms with Crippen molar-refractivity contribution in [3.05, 3.63) is 77.1 Å². The van der Waals surface area contributed by atoms with E-state index in [1.807, 2.05) is 30.3 Å². The number of nitrogens with one attached hydrogen (secondary N) is 1. The van der Waals surface area contributed by atoms with Gasteiger partial charge in [0, 0.05) is 40.9 Å². The summed E-state index contributed by atoms with van der Waals surface area (Å²) in [6.45, 7) is 7.79. The maximum absolute atomic E-state index is 13.8. The predicted octanol–water partition coefficient (Wildman–Crippen LogP) is 4.88. The lowest BCUT2D eigenvalue weighted by molar-refractivity contribution is -0.151. The van der Waals surface area contributed by atoms with Gasteiger partial charge in [-0.25, -0.2) is 0 Å². The quantitative estimate of drug-likeness (QED) is 0.553. The summed E-state index contributed by atoms with van der Waals surface area (Å²) in [6.07, 6.45) is 0.647. The van der Waals surface area contributed by atoms with E-state index in [2.05, 4.69) is 11.9 Å². The number of carbonyl (C=O) groups is 2. The van der Waals surface area contributed by atoms with Crippen LogP contribution in [0.25, 0.3) is 0 Å². The molecule has 7 heteroatoms. The third kappa shape index (κ3) is 4.83. The number of benzene rings is 2. The number of methoxy groups -OCH3 is 3. The van der Waals surface area contributed by atoms with Crippen molar-refractivity contribution in [1.29, 1.82) is 0 Å². The topological polar surface area (TPSA) is 83.1 Å². The molecule has 1 heterocycles. The zero-order valence-corrected chi connectivity index (χ0v) is 21.4. The highest BCUT2D eigenvalue weighted by Crippen LogP contribution is 2.49. The van der Waals surface area contributed by atoms with Crippen molar-refractivity contribution in [2.24, 2.45) is 5.92 Å². The first-order valence-electron chi connectivity index (χ1n) is 12.1. The fourth-order valence-corrected chi connectivity index (χ4v) is 5.16. The molecule has 4 rings (SSSR count). The van der Waals surface area contributed by atoms with Gasteiger partial charge in [-0.3, -0.25) is 9.59 Å². The molecule has 3 atom stereocenters. The summed E-state index contributed by atoms with van der Waals surface area (Å²) in [6, 6.07) is 13.2. The minimum Gasteiger partial charge on any atom is -0.497 e. The first-order chi connectivity index (χ1) is 17.3. The van der Waals surface area contributed by atoms with Gasteiger partial charge in [0.1, 0.15) is 23.2 Å². The van der Waals surface area contributed by atoms with Crippen molar-refractivity contribution in [3.8, 4) is 17.2 Å². The third-order valence-electron chi connectivity index (χ3n) is 6.81. The molecule has 1 aliphatic carbocycles. The van der Waals surface area contributed by atoms with E-state index in [1.165, 1.54) is 0 Å². The van der Waals surface area contributed by atoms with Crippen LogP contribution in [-0.2, 0) is 14.3 Å². The van der Waals surface area contributed by atoms with Crippen LogP contribution in [0, 0.1) is 5.92 Å². The van der Waals surface area contributed by atoms with Crippen molar-refractivity contribution >= 4 is 11.8 Å². The van der Waals surface area contributed by atoms with Crippen LogP contribution in [0.5, 0.6) is 17.2 Å². The Balaban J connectivity index is 1.81. The van der Waals surface area contributed by atoms with Gasteiger partial charge in [0.2, 0.25) is 0 Å². The SMILES string of the molecule is C=C1NC2=C(C(=O)CC(c3ccc(OC)cc3)C2)C(c2ccc(OC)cc2OC)C1C(=O)OC(C)C. The smallest absolute Gasteiger partial charge is 0.316 e. The molecule has 1 aliphatic heterocycles.